The molecule has 0 spiro atoms. The Morgan fingerprint density at radius 2 is 1.94 bits per heavy atom. The van der Waals surface area contributed by atoms with E-state index in [-0.39, 0.29) is 34.6 Å². The number of rotatable bonds is 8. The highest BCUT2D eigenvalue weighted by Gasteiger charge is 2.27. The van der Waals surface area contributed by atoms with Gasteiger partial charge >= 0.3 is 5.97 Å². The zero-order valence-electron chi connectivity index (χ0n) is 17.7. The van der Waals surface area contributed by atoms with Crippen LogP contribution in [0.25, 0.3) is 0 Å². The molecule has 1 aliphatic rings. The molecular formula is C22H24N2O6S2. The molecule has 0 bridgehead atoms. The molecule has 0 aromatic heterocycles. The largest absolute Gasteiger partial charge is 0.462 e. The third kappa shape index (κ3) is 5.68. The second kappa shape index (κ2) is 10.2. The molecule has 0 radical (unpaired) electrons. The highest BCUT2D eigenvalue weighted by Crippen LogP contribution is 2.38. The molecule has 3 rings (SSSR count). The molecule has 0 unspecified atom stereocenters. The Morgan fingerprint density at radius 3 is 2.66 bits per heavy atom. The van der Waals surface area contributed by atoms with Gasteiger partial charge in [-0.15, -0.1) is 11.8 Å². The van der Waals surface area contributed by atoms with E-state index in [1.807, 2.05) is 6.92 Å². The molecule has 0 aliphatic carbocycles. The molecule has 2 N–H and O–H groups in total. The number of hydrogen-bond acceptors (Lipinski definition) is 7. The van der Waals surface area contributed by atoms with Crippen LogP contribution in [0, 0.1) is 0 Å². The number of sulfone groups is 1. The van der Waals surface area contributed by atoms with Crippen LogP contribution in [0.15, 0.2) is 52.3 Å². The average molecular weight is 477 g/mol. The van der Waals surface area contributed by atoms with E-state index in [2.05, 4.69) is 10.6 Å². The molecule has 10 heteroatoms. The minimum absolute atomic E-state index is 0.0456. The number of amides is 2. The van der Waals surface area contributed by atoms with E-state index in [0.29, 0.717) is 17.8 Å². The molecule has 2 aromatic carbocycles. The predicted molar refractivity (Wildman–Crippen MR) is 123 cm³/mol. The van der Waals surface area contributed by atoms with Crippen LogP contribution >= 0.6 is 11.8 Å². The quantitative estimate of drug-likeness (QED) is 0.560. The highest BCUT2D eigenvalue weighted by molar-refractivity contribution is 8.01. The minimum atomic E-state index is -3.74. The molecule has 2 amide bonds. The monoisotopic (exact) mass is 476 g/mol. The van der Waals surface area contributed by atoms with Gasteiger partial charge in [-0.25, -0.2) is 13.2 Å². The third-order valence-electron chi connectivity index (χ3n) is 4.76. The smallest absolute Gasteiger partial charge is 0.338 e. The maximum atomic E-state index is 12.7. The van der Waals surface area contributed by atoms with Crippen LogP contribution < -0.4 is 10.6 Å². The number of benzene rings is 2. The Hall–Kier alpha value is -2.85. The summed E-state index contributed by atoms with van der Waals surface area (Å²) in [6, 6.07) is 10.8. The van der Waals surface area contributed by atoms with E-state index in [9.17, 15) is 22.8 Å². The van der Waals surface area contributed by atoms with Crippen molar-refractivity contribution in [2.45, 2.75) is 41.7 Å². The number of fused-ring (bicyclic) bond motifs is 1. The van der Waals surface area contributed by atoms with Crippen LogP contribution in [0.5, 0.6) is 0 Å². The maximum Gasteiger partial charge on any atom is 0.338 e. The average Bonchev–Trinajstić information content (AvgIpc) is 2.77. The Labute approximate surface area is 191 Å². The van der Waals surface area contributed by atoms with Gasteiger partial charge in [0.25, 0.3) is 0 Å². The Bertz CT molecular complexity index is 1150. The van der Waals surface area contributed by atoms with Crippen molar-refractivity contribution in [1.29, 1.82) is 0 Å². The van der Waals surface area contributed by atoms with Gasteiger partial charge in [-0.05, 0) is 49.7 Å². The van der Waals surface area contributed by atoms with Gasteiger partial charge in [-0.3, -0.25) is 9.59 Å². The van der Waals surface area contributed by atoms with Gasteiger partial charge in [0, 0.05) is 17.0 Å². The van der Waals surface area contributed by atoms with Crippen LogP contribution in [-0.2, 0) is 24.2 Å². The van der Waals surface area contributed by atoms with Crippen molar-refractivity contribution in [1.82, 2.24) is 0 Å². The standard InChI is InChI=1S/C22H24N2O6S2/c1-3-18-21(26)24-17-13-16(8-9-19(17)31-18)32(28,29)11-10-20(25)23-15-7-5-6-14(12-15)22(27)30-4-2/h5-9,12-13,18H,3-4,10-11H2,1-2H3,(H,23,25)(H,24,26)/t18-/m1/s1. The van der Waals surface area contributed by atoms with E-state index in [0.717, 1.165) is 4.90 Å². The van der Waals surface area contributed by atoms with E-state index >= 15 is 0 Å². The SMILES string of the molecule is CCOC(=O)c1cccc(NC(=O)CCS(=O)(=O)c2ccc3c(c2)NC(=O)[C@@H](CC)S3)c1. The first-order chi connectivity index (χ1) is 15.2. The second-order valence-electron chi connectivity index (χ2n) is 7.08. The maximum absolute atomic E-state index is 12.7. The van der Waals surface area contributed by atoms with Crippen molar-refractivity contribution in [2.75, 3.05) is 23.0 Å². The molecule has 1 aliphatic heterocycles. The fourth-order valence-corrected chi connectivity index (χ4v) is 5.38. The van der Waals surface area contributed by atoms with E-state index in [1.165, 1.54) is 30.0 Å². The minimum Gasteiger partial charge on any atom is -0.462 e. The lowest BCUT2D eigenvalue weighted by Gasteiger charge is -2.23. The van der Waals surface area contributed by atoms with Gasteiger partial charge in [-0.1, -0.05) is 13.0 Å². The normalized spacial score (nSPS) is 15.4. The molecule has 0 saturated heterocycles. The van der Waals surface area contributed by atoms with Crippen molar-refractivity contribution >= 4 is 50.8 Å². The van der Waals surface area contributed by atoms with Gasteiger partial charge in [0.15, 0.2) is 9.84 Å². The number of thioether (sulfide) groups is 1. The predicted octanol–water partition coefficient (Wildman–Crippen LogP) is 3.49. The molecule has 8 nitrogen and oxygen atoms in total. The number of esters is 1. The molecule has 1 atom stereocenters. The summed E-state index contributed by atoms with van der Waals surface area (Å²) >= 11 is 1.41. The second-order valence-corrected chi connectivity index (χ2v) is 10.4. The zero-order valence-corrected chi connectivity index (χ0v) is 19.3. The lowest BCUT2D eigenvalue weighted by atomic mass is 10.2. The van der Waals surface area contributed by atoms with Crippen molar-refractivity contribution in [3.05, 3.63) is 48.0 Å². The number of nitrogens with one attached hydrogen (secondary N) is 2. The van der Waals surface area contributed by atoms with E-state index in [1.54, 1.807) is 31.2 Å². The first kappa shape index (κ1) is 23.8. The van der Waals surface area contributed by atoms with Gasteiger partial charge in [-0.2, -0.15) is 0 Å². The van der Waals surface area contributed by atoms with E-state index < -0.39 is 27.5 Å². The molecule has 2 aromatic rings. The molecule has 170 valence electrons. The number of carbonyl (C=O) groups is 3. The fraction of sp³-hybridized carbons (Fsp3) is 0.318. The summed E-state index contributed by atoms with van der Waals surface area (Å²) in [4.78, 5) is 37.0. The van der Waals surface area contributed by atoms with Gasteiger partial charge < -0.3 is 15.4 Å². The summed E-state index contributed by atoms with van der Waals surface area (Å²) < 4.78 is 30.4. The lowest BCUT2D eigenvalue weighted by molar-refractivity contribution is -0.116. The zero-order chi connectivity index (χ0) is 23.3. The molecule has 32 heavy (non-hydrogen) atoms. The van der Waals surface area contributed by atoms with Crippen molar-refractivity contribution in [3.8, 4) is 0 Å². The number of anilines is 2. The topological polar surface area (TPSA) is 119 Å². The molecule has 0 fully saturated rings. The summed E-state index contributed by atoms with van der Waals surface area (Å²) in [5.41, 5.74) is 1.12. The first-order valence-electron chi connectivity index (χ1n) is 10.1. The molecule has 0 saturated carbocycles. The van der Waals surface area contributed by atoms with Gasteiger partial charge in [0.1, 0.15) is 0 Å². The summed E-state index contributed by atoms with van der Waals surface area (Å²) in [7, 11) is -3.74. The van der Waals surface area contributed by atoms with E-state index in [4.69, 9.17) is 4.74 Å². The summed E-state index contributed by atoms with van der Waals surface area (Å²) in [6.45, 7) is 3.85. The van der Waals surface area contributed by atoms with Gasteiger partial charge in [0.05, 0.1) is 33.8 Å². The number of hydrogen-bond donors (Lipinski definition) is 2. The Kier molecular flexibility index (Phi) is 7.57. The Balaban J connectivity index is 1.64. The summed E-state index contributed by atoms with van der Waals surface area (Å²) in [6.07, 6.45) is 0.413. The third-order valence-corrected chi connectivity index (χ3v) is 7.91. The fourth-order valence-electron chi connectivity index (χ4n) is 3.10. The van der Waals surface area contributed by atoms with Crippen molar-refractivity contribution < 1.29 is 27.5 Å². The summed E-state index contributed by atoms with van der Waals surface area (Å²) in [5.74, 6) is -1.55. The van der Waals surface area contributed by atoms with Crippen molar-refractivity contribution in [2.24, 2.45) is 0 Å². The van der Waals surface area contributed by atoms with Crippen LogP contribution in [0.1, 0.15) is 37.0 Å². The number of ether oxygens (including phenoxy) is 1. The van der Waals surface area contributed by atoms with Crippen LogP contribution in [0.2, 0.25) is 0 Å². The lowest BCUT2D eigenvalue weighted by Crippen LogP contribution is -2.28. The number of carbonyl (C=O) groups excluding carboxylic acids is 3. The van der Waals surface area contributed by atoms with Gasteiger partial charge in [0.2, 0.25) is 11.8 Å². The molecular weight excluding hydrogens is 452 g/mol. The van der Waals surface area contributed by atoms with Crippen LogP contribution in [-0.4, -0.2) is 43.8 Å². The summed E-state index contributed by atoms with van der Waals surface area (Å²) in [5, 5.41) is 5.15. The van der Waals surface area contributed by atoms with Crippen molar-refractivity contribution in [3.63, 3.8) is 0 Å². The molecule has 1 heterocycles. The van der Waals surface area contributed by atoms with Crippen LogP contribution in [0.4, 0.5) is 11.4 Å². The highest BCUT2D eigenvalue weighted by atomic mass is 32.2. The Morgan fingerprint density at radius 1 is 1.16 bits per heavy atom. The van der Waals surface area contributed by atoms with Crippen LogP contribution in [0.3, 0.4) is 0 Å². The first-order valence-corrected chi connectivity index (χ1v) is 12.7.